The molecule has 2 aromatic carbocycles. The van der Waals surface area contributed by atoms with Gasteiger partial charge in [0.25, 0.3) is 0 Å². The summed E-state index contributed by atoms with van der Waals surface area (Å²) in [6.07, 6.45) is -2.51. The summed E-state index contributed by atoms with van der Waals surface area (Å²) in [7, 11) is 0. The minimum atomic E-state index is -1.29. The van der Waals surface area contributed by atoms with E-state index in [1.807, 2.05) is 43.3 Å². The van der Waals surface area contributed by atoms with Crippen LogP contribution in [0.3, 0.4) is 0 Å². The van der Waals surface area contributed by atoms with Crippen LogP contribution in [0.4, 0.5) is 0 Å². The zero-order chi connectivity index (χ0) is 20.3. The minimum absolute atomic E-state index is 0.242. The van der Waals surface area contributed by atoms with Crippen molar-refractivity contribution in [1.82, 2.24) is 0 Å². The van der Waals surface area contributed by atoms with Gasteiger partial charge in [0.1, 0.15) is 11.9 Å². The molecule has 28 heavy (non-hydrogen) atoms. The van der Waals surface area contributed by atoms with Crippen molar-refractivity contribution in [2.45, 2.75) is 44.0 Å². The number of benzene rings is 2. The van der Waals surface area contributed by atoms with Gasteiger partial charge in [-0.15, -0.1) is 0 Å². The smallest absolute Gasteiger partial charge is 0.119 e. The van der Waals surface area contributed by atoms with E-state index in [0.717, 1.165) is 22.4 Å². The zero-order valence-corrected chi connectivity index (χ0v) is 16.6. The van der Waals surface area contributed by atoms with Crippen molar-refractivity contribution in [3.8, 4) is 5.75 Å². The Balaban J connectivity index is 1.82. The Hall–Kier alpha value is -1.63. The largest absolute Gasteiger partial charge is 0.494 e. The molecule has 6 heteroatoms. The normalized spacial score (nSPS) is 27.6. The molecule has 2 aromatic rings. The van der Waals surface area contributed by atoms with Crippen LogP contribution >= 0.6 is 11.6 Å². The lowest BCUT2D eigenvalue weighted by molar-refractivity contribution is -0.127. The van der Waals surface area contributed by atoms with Gasteiger partial charge in [-0.2, -0.15) is 0 Å². The molecule has 5 atom stereocenters. The van der Waals surface area contributed by atoms with Gasteiger partial charge in [0.05, 0.1) is 18.8 Å². The highest BCUT2D eigenvalue weighted by atomic mass is 35.5. The van der Waals surface area contributed by atoms with Crippen LogP contribution in [-0.2, 0) is 6.42 Å². The first-order chi connectivity index (χ1) is 13.4. The first-order valence-corrected chi connectivity index (χ1v) is 9.97. The topological polar surface area (TPSA) is 90.2 Å². The molecule has 0 bridgehead atoms. The lowest BCUT2D eigenvalue weighted by Gasteiger charge is -2.40. The molecule has 1 saturated carbocycles. The first-order valence-electron chi connectivity index (χ1n) is 9.59. The molecule has 1 aliphatic carbocycles. The van der Waals surface area contributed by atoms with Crippen molar-refractivity contribution in [2.24, 2.45) is 5.92 Å². The highest BCUT2D eigenvalue weighted by molar-refractivity contribution is 6.31. The van der Waals surface area contributed by atoms with E-state index in [2.05, 4.69) is 0 Å². The second-order valence-electron chi connectivity index (χ2n) is 7.36. The van der Waals surface area contributed by atoms with Gasteiger partial charge in [0.15, 0.2) is 0 Å². The van der Waals surface area contributed by atoms with Crippen molar-refractivity contribution >= 4 is 11.6 Å². The number of hydrogen-bond acceptors (Lipinski definition) is 5. The Labute approximate surface area is 170 Å². The summed E-state index contributed by atoms with van der Waals surface area (Å²) >= 11 is 6.39. The van der Waals surface area contributed by atoms with Crippen LogP contribution in [0.1, 0.15) is 36.0 Å². The molecule has 3 rings (SSSR count). The molecule has 0 aromatic heterocycles. The monoisotopic (exact) mass is 406 g/mol. The van der Waals surface area contributed by atoms with E-state index < -0.39 is 24.2 Å². The molecule has 0 saturated heterocycles. The quantitative estimate of drug-likeness (QED) is 0.591. The number of rotatable bonds is 6. The summed E-state index contributed by atoms with van der Waals surface area (Å²) in [6.45, 7) is 2.32. The fraction of sp³-hybridized carbons (Fsp3) is 0.455. The van der Waals surface area contributed by atoms with Crippen LogP contribution in [0.25, 0.3) is 0 Å². The predicted octanol–water partition coefficient (Wildman–Crippen LogP) is 2.51. The van der Waals surface area contributed by atoms with Gasteiger partial charge in [0.2, 0.25) is 0 Å². The average molecular weight is 407 g/mol. The second kappa shape index (κ2) is 9.25. The van der Waals surface area contributed by atoms with Crippen LogP contribution in [0.15, 0.2) is 42.5 Å². The zero-order valence-electron chi connectivity index (χ0n) is 15.8. The van der Waals surface area contributed by atoms with E-state index in [1.165, 1.54) is 0 Å². The highest BCUT2D eigenvalue weighted by Gasteiger charge is 2.42. The van der Waals surface area contributed by atoms with Crippen LogP contribution < -0.4 is 4.74 Å². The van der Waals surface area contributed by atoms with Crippen molar-refractivity contribution in [2.75, 3.05) is 13.2 Å². The summed E-state index contributed by atoms with van der Waals surface area (Å²) in [5.41, 5.74) is 2.83. The second-order valence-corrected chi connectivity index (χ2v) is 7.77. The number of halogens is 1. The molecule has 0 heterocycles. The molecule has 5 nitrogen and oxygen atoms in total. The van der Waals surface area contributed by atoms with Gasteiger partial charge in [-0.05, 0) is 54.7 Å². The predicted molar refractivity (Wildman–Crippen MR) is 108 cm³/mol. The molecule has 0 aliphatic heterocycles. The van der Waals surface area contributed by atoms with Crippen LogP contribution in [-0.4, -0.2) is 52.0 Å². The van der Waals surface area contributed by atoms with Gasteiger partial charge in [0, 0.05) is 23.5 Å². The molecule has 1 aliphatic rings. The van der Waals surface area contributed by atoms with Gasteiger partial charge >= 0.3 is 0 Å². The summed E-state index contributed by atoms with van der Waals surface area (Å²) in [6, 6.07) is 13.4. The fourth-order valence-corrected chi connectivity index (χ4v) is 4.07. The van der Waals surface area contributed by atoms with Crippen LogP contribution in [0, 0.1) is 5.92 Å². The Morgan fingerprint density at radius 3 is 2.36 bits per heavy atom. The Morgan fingerprint density at radius 2 is 1.71 bits per heavy atom. The molecular formula is C22H27ClO5. The molecule has 4 N–H and O–H groups in total. The van der Waals surface area contributed by atoms with Crippen molar-refractivity contribution in [1.29, 1.82) is 0 Å². The van der Waals surface area contributed by atoms with Gasteiger partial charge in [-0.3, -0.25) is 0 Å². The van der Waals surface area contributed by atoms with E-state index in [-0.39, 0.29) is 12.5 Å². The Morgan fingerprint density at radius 1 is 1.00 bits per heavy atom. The summed E-state index contributed by atoms with van der Waals surface area (Å²) in [5.74, 6) is -0.0421. The van der Waals surface area contributed by atoms with E-state index in [4.69, 9.17) is 16.3 Å². The lowest BCUT2D eigenvalue weighted by Crippen LogP contribution is -2.51. The van der Waals surface area contributed by atoms with Gasteiger partial charge < -0.3 is 25.2 Å². The maximum absolute atomic E-state index is 10.5. The molecule has 152 valence electrons. The maximum atomic E-state index is 10.5. The SMILES string of the molecule is CCOc1ccc(Cc2cc([C@H]3C[C@H](CO)[C@@H](O)[C@H](O)[C@H]3O)ccc2Cl)cc1. The standard InChI is InChI=1S/C22H27ClO5/c1-2-28-17-6-3-13(4-7-17)9-15-10-14(5-8-19(15)23)18-11-16(12-24)20(25)22(27)21(18)26/h3-8,10,16,18,20-22,24-27H,2,9,11-12H2,1H3/t16-,18-,20-,21+,22+/m1/s1. The molecule has 0 spiro atoms. The summed E-state index contributed by atoms with van der Waals surface area (Å²) < 4.78 is 5.47. The average Bonchev–Trinajstić information content (AvgIpc) is 2.70. The van der Waals surface area contributed by atoms with Crippen molar-refractivity contribution < 1.29 is 25.2 Å². The third-order valence-electron chi connectivity index (χ3n) is 5.51. The van der Waals surface area contributed by atoms with E-state index in [9.17, 15) is 20.4 Å². The van der Waals surface area contributed by atoms with E-state index in [0.29, 0.717) is 24.5 Å². The third-order valence-corrected chi connectivity index (χ3v) is 5.88. The van der Waals surface area contributed by atoms with Crippen LogP contribution in [0.5, 0.6) is 5.75 Å². The van der Waals surface area contributed by atoms with Gasteiger partial charge in [-0.25, -0.2) is 0 Å². The Bertz CT molecular complexity index is 777. The first kappa shape index (κ1) is 21.1. The van der Waals surface area contributed by atoms with Crippen molar-refractivity contribution in [3.63, 3.8) is 0 Å². The fourth-order valence-electron chi connectivity index (χ4n) is 3.89. The summed E-state index contributed by atoms with van der Waals surface area (Å²) in [5, 5.41) is 40.8. The highest BCUT2D eigenvalue weighted by Crippen LogP contribution is 2.38. The Kier molecular flexibility index (Phi) is 6.96. The molecule has 0 unspecified atom stereocenters. The molecule has 0 amide bonds. The molecule has 1 fully saturated rings. The maximum Gasteiger partial charge on any atom is 0.119 e. The number of hydrogen-bond donors (Lipinski definition) is 4. The summed E-state index contributed by atoms with van der Waals surface area (Å²) in [4.78, 5) is 0. The number of aliphatic hydroxyl groups is 4. The molecule has 0 radical (unpaired) electrons. The lowest BCUT2D eigenvalue weighted by atomic mass is 9.73. The third kappa shape index (κ3) is 4.50. The number of aliphatic hydroxyl groups excluding tert-OH is 4. The van der Waals surface area contributed by atoms with Crippen LogP contribution in [0.2, 0.25) is 5.02 Å². The van der Waals surface area contributed by atoms with E-state index in [1.54, 1.807) is 6.07 Å². The van der Waals surface area contributed by atoms with Gasteiger partial charge in [-0.1, -0.05) is 35.9 Å². The van der Waals surface area contributed by atoms with E-state index >= 15 is 0 Å². The molecular weight excluding hydrogens is 380 g/mol. The number of ether oxygens (including phenoxy) is 1. The van der Waals surface area contributed by atoms with Crippen molar-refractivity contribution in [3.05, 3.63) is 64.2 Å². The minimum Gasteiger partial charge on any atom is -0.494 e.